The second kappa shape index (κ2) is 12.9. The van der Waals surface area contributed by atoms with Gasteiger partial charge in [0, 0.05) is 13.1 Å². The smallest absolute Gasteiger partial charge is 0.416 e. The van der Waals surface area contributed by atoms with E-state index in [9.17, 15) is 34.8 Å². The normalized spacial score (nSPS) is 14.5. The SMILES string of the molecule is O=C(CN(c1cc(C(F)(F)F)ccc1Cl)S(=O)(=O)c1ccccc1)NCCOc1ccc(S(=O)(=O)N2CCCC2)cc1. The highest BCUT2D eigenvalue weighted by Gasteiger charge is 2.34. The Kier molecular flexibility index (Phi) is 9.70. The van der Waals surface area contributed by atoms with E-state index >= 15 is 0 Å². The Morgan fingerprint density at radius 3 is 2.19 bits per heavy atom. The topological polar surface area (TPSA) is 113 Å². The Hall–Kier alpha value is -3.33. The number of anilines is 1. The van der Waals surface area contributed by atoms with Gasteiger partial charge in [0.05, 0.1) is 32.6 Å². The fourth-order valence-corrected chi connectivity index (χ4v) is 7.47. The summed E-state index contributed by atoms with van der Waals surface area (Å²) in [4.78, 5) is 12.7. The van der Waals surface area contributed by atoms with E-state index in [1.54, 1.807) is 6.07 Å². The lowest BCUT2D eigenvalue weighted by atomic mass is 10.2. The molecule has 4 rings (SSSR count). The van der Waals surface area contributed by atoms with Gasteiger partial charge in [-0.15, -0.1) is 0 Å². The molecule has 42 heavy (non-hydrogen) atoms. The van der Waals surface area contributed by atoms with E-state index in [0.717, 1.165) is 18.9 Å². The molecule has 15 heteroatoms. The summed E-state index contributed by atoms with van der Waals surface area (Å²) in [6.07, 6.45) is -3.15. The van der Waals surface area contributed by atoms with Crippen LogP contribution in [-0.2, 0) is 31.0 Å². The van der Waals surface area contributed by atoms with Crippen molar-refractivity contribution in [2.24, 2.45) is 0 Å². The van der Waals surface area contributed by atoms with Crippen LogP contribution in [0.1, 0.15) is 18.4 Å². The van der Waals surface area contributed by atoms with Crippen molar-refractivity contribution in [3.63, 3.8) is 0 Å². The molecule has 1 aliphatic heterocycles. The van der Waals surface area contributed by atoms with Crippen LogP contribution in [0.15, 0.2) is 82.6 Å². The molecule has 0 aliphatic carbocycles. The highest BCUT2D eigenvalue weighted by Crippen LogP contribution is 2.37. The Morgan fingerprint density at radius 1 is 0.929 bits per heavy atom. The van der Waals surface area contributed by atoms with Gasteiger partial charge in [-0.1, -0.05) is 29.8 Å². The number of amides is 1. The van der Waals surface area contributed by atoms with Gasteiger partial charge in [0.25, 0.3) is 10.0 Å². The molecule has 1 aliphatic rings. The number of rotatable bonds is 11. The Labute approximate surface area is 246 Å². The van der Waals surface area contributed by atoms with Crippen molar-refractivity contribution in [2.75, 3.05) is 37.1 Å². The third-order valence-electron chi connectivity index (χ3n) is 6.38. The first-order valence-corrected chi connectivity index (χ1v) is 16.0. The summed E-state index contributed by atoms with van der Waals surface area (Å²) < 4.78 is 99.8. The van der Waals surface area contributed by atoms with Crippen LogP contribution in [0, 0.1) is 0 Å². The number of benzene rings is 3. The first kappa shape index (κ1) is 31.6. The summed E-state index contributed by atoms with van der Waals surface area (Å²) in [5.74, 6) is -0.479. The average Bonchev–Trinajstić information content (AvgIpc) is 3.51. The third kappa shape index (κ3) is 7.35. The van der Waals surface area contributed by atoms with Gasteiger partial charge in [-0.25, -0.2) is 16.8 Å². The van der Waals surface area contributed by atoms with Gasteiger partial charge in [0.1, 0.15) is 18.9 Å². The van der Waals surface area contributed by atoms with Crippen molar-refractivity contribution in [1.82, 2.24) is 9.62 Å². The number of hydrogen-bond acceptors (Lipinski definition) is 6. The predicted octanol–water partition coefficient (Wildman–Crippen LogP) is 4.53. The van der Waals surface area contributed by atoms with Crippen molar-refractivity contribution < 1.29 is 39.5 Å². The summed E-state index contributed by atoms with van der Waals surface area (Å²) in [6, 6.07) is 14.9. The van der Waals surface area contributed by atoms with Crippen molar-refractivity contribution in [3.05, 3.63) is 83.4 Å². The second-order valence-electron chi connectivity index (χ2n) is 9.27. The number of sulfonamides is 2. The van der Waals surface area contributed by atoms with E-state index < -0.39 is 49.9 Å². The van der Waals surface area contributed by atoms with Gasteiger partial charge in [-0.2, -0.15) is 17.5 Å². The van der Waals surface area contributed by atoms with Crippen molar-refractivity contribution in [3.8, 4) is 5.75 Å². The number of halogens is 4. The average molecular weight is 646 g/mol. The van der Waals surface area contributed by atoms with Crippen molar-refractivity contribution >= 4 is 43.2 Å². The molecule has 1 saturated heterocycles. The summed E-state index contributed by atoms with van der Waals surface area (Å²) in [5.41, 5.74) is -1.64. The maximum absolute atomic E-state index is 13.4. The predicted molar refractivity (Wildman–Crippen MR) is 150 cm³/mol. The number of carbonyl (C=O) groups is 1. The maximum Gasteiger partial charge on any atom is 0.416 e. The quantitative estimate of drug-likeness (QED) is 0.307. The molecule has 1 fully saturated rings. The van der Waals surface area contributed by atoms with Crippen LogP contribution in [0.2, 0.25) is 5.02 Å². The molecule has 9 nitrogen and oxygen atoms in total. The highest BCUT2D eigenvalue weighted by atomic mass is 35.5. The van der Waals surface area contributed by atoms with Crippen LogP contribution < -0.4 is 14.4 Å². The molecule has 0 unspecified atom stereocenters. The monoisotopic (exact) mass is 645 g/mol. The molecule has 0 aromatic heterocycles. The molecule has 0 saturated carbocycles. The van der Waals surface area contributed by atoms with Crippen LogP contribution in [0.25, 0.3) is 0 Å². The molecule has 3 aromatic carbocycles. The third-order valence-corrected chi connectivity index (χ3v) is 10.4. The number of carbonyl (C=O) groups excluding carboxylic acids is 1. The maximum atomic E-state index is 13.4. The Balaban J connectivity index is 1.43. The van der Waals surface area contributed by atoms with E-state index in [4.69, 9.17) is 16.3 Å². The zero-order chi connectivity index (χ0) is 30.5. The molecule has 0 bridgehead atoms. The van der Waals surface area contributed by atoms with E-state index in [0.29, 0.717) is 35.3 Å². The molecular weight excluding hydrogens is 619 g/mol. The number of alkyl halides is 3. The standard InChI is InChI=1S/C27H27ClF3N3O6S2/c28-24-13-8-20(27(29,30)31)18-25(24)34(42(38,39)22-6-2-1-3-7-22)19-26(35)32-14-17-40-21-9-11-23(12-10-21)41(36,37)33-15-4-5-16-33/h1-3,6-13,18H,4-5,14-17,19H2,(H,32,35). The Morgan fingerprint density at radius 2 is 1.57 bits per heavy atom. The van der Waals surface area contributed by atoms with Gasteiger partial charge in [0.2, 0.25) is 15.9 Å². The van der Waals surface area contributed by atoms with Crippen LogP contribution in [0.4, 0.5) is 18.9 Å². The lowest BCUT2D eigenvalue weighted by molar-refractivity contribution is -0.137. The van der Waals surface area contributed by atoms with Crippen LogP contribution in [-0.4, -0.2) is 59.8 Å². The van der Waals surface area contributed by atoms with E-state index in [1.807, 2.05) is 0 Å². The fourth-order valence-electron chi connectivity index (χ4n) is 4.23. The van der Waals surface area contributed by atoms with Crippen molar-refractivity contribution in [1.29, 1.82) is 0 Å². The lowest BCUT2D eigenvalue weighted by Crippen LogP contribution is -2.42. The molecule has 1 N–H and O–H groups in total. The number of nitrogens with one attached hydrogen (secondary N) is 1. The zero-order valence-corrected chi connectivity index (χ0v) is 24.4. The molecule has 0 atom stereocenters. The van der Waals surface area contributed by atoms with Crippen LogP contribution >= 0.6 is 11.6 Å². The summed E-state index contributed by atoms with van der Waals surface area (Å²) >= 11 is 6.12. The number of ether oxygens (including phenoxy) is 1. The molecule has 226 valence electrons. The molecule has 1 amide bonds. The highest BCUT2D eigenvalue weighted by molar-refractivity contribution is 7.93. The summed E-state index contributed by atoms with van der Waals surface area (Å²) in [7, 11) is -8.07. The molecule has 0 radical (unpaired) electrons. The first-order chi connectivity index (χ1) is 19.8. The summed E-state index contributed by atoms with van der Waals surface area (Å²) in [6.45, 7) is -0.0438. The molecule has 1 heterocycles. The number of nitrogens with zero attached hydrogens (tertiary/aromatic N) is 2. The first-order valence-electron chi connectivity index (χ1n) is 12.7. The van der Waals surface area contributed by atoms with Crippen LogP contribution in [0.5, 0.6) is 5.75 Å². The minimum absolute atomic E-state index is 0.0558. The largest absolute Gasteiger partial charge is 0.492 e. The minimum Gasteiger partial charge on any atom is -0.492 e. The van der Waals surface area contributed by atoms with Gasteiger partial charge in [-0.05, 0) is 67.4 Å². The van der Waals surface area contributed by atoms with E-state index in [2.05, 4.69) is 5.32 Å². The lowest BCUT2D eigenvalue weighted by Gasteiger charge is -2.25. The van der Waals surface area contributed by atoms with Crippen molar-refractivity contribution in [2.45, 2.75) is 28.8 Å². The van der Waals surface area contributed by atoms with Gasteiger partial charge in [0.15, 0.2) is 0 Å². The second-order valence-corrected chi connectivity index (χ2v) is 13.5. The van der Waals surface area contributed by atoms with Gasteiger partial charge >= 0.3 is 6.18 Å². The van der Waals surface area contributed by atoms with Gasteiger partial charge < -0.3 is 10.1 Å². The minimum atomic E-state index is -4.78. The summed E-state index contributed by atoms with van der Waals surface area (Å²) in [5, 5.41) is 2.18. The van der Waals surface area contributed by atoms with E-state index in [-0.39, 0.29) is 28.0 Å². The molecular formula is C27H27ClF3N3O6S2. The van der Waals surface area contributed by atoms with Gasteiger partial charge in [-0.3, -0.25) is 9.10 Å². The molecule has 0 spiro atoms. The van der Waals surface area contributed by atoms with Crippen LogP contribution in [0.3, 0.4) is 0 Å². The Bertz CT molecular complexity index is 1610. The van der Waals surface area contributed by atoms with E-state index in [1.165, 1.54) is 52.8 Å². The zero-order valence-electron chi connectivity index (χ0n) is 22.1. The fraction of sp³-hybridized carbons (Fsp3) is 0.296. The number of hydrogen-bond donors (Lipinski definition) is 1. The molecule has 3 aromatic rings.